The number of aryl methyl sites for hydroxylation is 1. The van der Waals surface area contributed by atoms with E-state index in [2.05, 4.69) is 20.7 Å². The number of hydrogen-bond acceptors (Lipinski definition) is 6. The predicted octanol–water partition coefficient (Wildman–Crippen LogP) is 4.16. The number of esters is 1. The van der Waals surface area contributed by atoms with Gasteiger partial charge in [-0.2, -0.15) is 4.72 Å². The Kier molecular flexibility index (Phi) is 6.98. The molecular formula is C22H22BrNO6S. The van der Waals surface area contributed by atoms with Crippen LogP contribution in [0.4, 0.5) is 0 Å². The molecule has 0 radical (unpaired) electrons. The Morgan fingerprint density at radius 3 is 2.42 bits per heavy atom. The van der Waals surface area contributed by atoms with Crippen molar-refractivity contribution in [1.82, 2.24) is 4.72 Å². The smallest absolute Gasteiger partial charge is 0.381 e. The summed E-state index contributed by atoms with van der Waals surface area (Å²) in [4.78, 5) is 25.3. The standard InChI is InChI=1S/C22H22BrNO6S/c1-13(2)12-17(24-31(27,28)15-10-8-14(3)9-11-15)21(25)30-20-19(23)16-6-4-5-7-18(16)29-22(20)26/h4-11,13,17,24H,12H2,1-3H3/t17-/m0/s1. The summed E-state index contributed by atoms with van der Waals surface area (Å²) >= 11 is 3.29. The summed E-state index contributed by atoms with van der Waals surface area (Å²) in [5, 5.41) is 0.547. The van der Waals surface area contributed by atoms with Crippen LogP contribution in [-0.2, 0) is 14.8 Å². The highest BCUT2D eigenvalue weighted by molar-refractivity contribution is 9.10. The number of sulfonamides is 1. The van der Waals surface area contributed by atoms with Gasteiger partial charge in [0, 0.05) is 5.39 Å². The van der Waals surface area contributed by atoms with Gasteiger partial charge in [-0.3, -0.25) is 0 Å². The lowest BCUT2D eigenvalue weighted by molar-refractivity contribution is -0.136. The number of para-hydroxylation sites is 1. The fourth-order valence-electron chi connectivity index (χ4n) is 2.99. The van der Waals surface area contributed by atoms with Gasteiger partial charge in [0.25, 0.3) is 0 Å². The van der Waals surface area contributed by atoms with Crippen molar-refractivity contribution in [2.75, 3.05) is 0 Å². The van der Waals surface area contributed by atoms with E-state index in [1.165, 1.54) is 12.1 Å². The Balaban J connectivity index is 1.91. The molecular weight excluding hydrogens is 486 g/mol. The second-order valence-corrected chi connectivity index (χ2v) is 10.1. The van der Waals surface area contributed by atoms with Crippen molar-refractivity contribution in [2.45, 2.75) is 38.1 Å². The van der Waals surface area contributed by atoms with Crippen LogP contribution in [-0.4, -0.2) is 20.4 Å². The first-order valence-electron chi connectivity index (χ1n) is 9.60. The summed E-state index contributed by atoms with van der Waals surface area (Å²) in [5.74, 6) is -1.24. The van der Waals surface area contributed by atoms with E-state index in [4.69, 9.17) is 9.15 Å². The van der Waals surface area contributed by atoms with Crippen LogP contribution in [0.1, 0.15) is 25.8 Å². The number of carbonyl (C=O) groups excluding carboxylic acids is 1. The fraction of sp³-hybridized carbons (Fsp3) is 0.273. The minimum absolute atomic E-state index is 0.0188. The Morgan fingerprint density at radius 1 is 1.13 bits per heavy atom. The molecule has 0 fully saturated rings. The van der Waals surface area contributed by atoms with Crippen LogP contribution >= 0.6 is 15.9 Å². The van der Waals surface area contributed by atoms with E-state index in [9.17, 15) is 18.0 Å². The third-order valence-electron chi connectivity index (χ3n) is 4.53. The Bertz CT molecular complexity index is 1270. The van der Waals surface area contributed by atoms with Gasteiger partial charge >= 0.3 is 11.6 Å². The first-order valence-corrected chi connectivity index (χ1v) is 11.9. The van der Waals surface area contributed by atoms with E-state index in [0.29, 0.717) is 11.0 Å². The van der Waals surface area contributed by atoms with Crippen molar-refractivity contribution in [3.8, 4) is 5.75 Å². The molecule has 0 saturated heterocycles. The molecule has 2 aromatic carbocycles. The van der Waals surface area contributed by atoms with E-state index >= 15 is 0 Å². The van der Waals surface area contributed by atoms with Crippen LogP contribution in [0.3, 0.4) is 0 Å². The number of benzene rings is 2. The Hall–Kier alpha value is -2.49. The van der Waals surface area contributed by atoms with Gasteiger partial charge in [-0.05, 0) is 59.5 Å². The number of nitrogens with one attached hydrogen (secondary N) is 1. The molecule has 0 aliphatic carbocycles. The molecule has 9 heteroatoms. The first-order chi connectivity index (χ1) is 14.6. The monoisotopic (exact) mass is 507 g/mol. The fourth-order valence-corrected chi connectivity index (χ4v) is 4.76. The summed E-state index contributed by atoms with van der Waals surface area (Å²) in [7, 11) is -3.98. The lowest BCUT2D eigenvalue weighted by Crippen LogP contribution is -2.44. The van der Waals surface area contributed by atoms with E-state index in [1.54, 1.807) is 36.4 Å². The molecule has 164 valence electrons. The van der Waals surface area contributed by atoms with Crippen LogP contribution in [0, 0.1) is 12.8 Å². The number of ether oxygens (including phenoxy) is 1. The average Bonchev–Trinajstić information content (AvgIpc) is 2.70. The molecule has 31 heavy (non-hydrogen) atoms. The summed E-state index contributed by atoms with van der Waals surface area (Å²) in [6, 6.07) is 11.8. The van der Waals surface area contributed by atoms with Gasteiger partial charge in [-0.1, -0.05) is 43.7 Å². The molecule has 0 saturated carbocycles. The van der Waals surface area contributed by atoms with Crippen LogP contribution in [0.15, 0.2) is 67.1 Å². The normalized spacial score (nSPS) is 12.8. The van der Waals surface area contributed by atoms with Gasteiger partial charge in [-0.15, -0.1) is 0 Å². The predicted molar refractivity (Wildman–Crippen MR) is 121 cm³/mol. The number of halogens is 1. The molecule has 1 atom stereocenters. The molecule has 0 aliphatic rings. The van der Waals surface area contributed by atoms with Crippen LogP contribution < -0.4 is 15.1 Å². The number of rotatable bonds is 7. The van der Waals surface area contributed by atoms with E-state index < -0.39 is 27.7 Å². The van der Waals surface area contributed by atoms with E-state index in [1.807, 2.05) is 20.8 Å². The molecule has 1 aromatic heterocycles. The Morgan fingerprint density at radius 2 is 1.77 bits per heavy atom. The topological polar surface area (TPSA) is 103 Å². The highest BCUT2D eigenvalue weighted by Crippen LogP contribution is 2.30. The quantitative estimate of drug-likeness (QED) is 0.380. The number of fused-ring (bicyclic) bond motifs is 1. The molecule has 1 N–H and O–H groups in total. The number of carbonyl (C=O) groups is 1. The van der Waals surface area contributed by atoms with Gasteiger partial charge in [0.05, 0.1) is 9.37 Å². The second-order valence-electron chi connectivity index (χ2n) is 7.57. The van der Waals surface area contributed by atoms with E-state index in [0.717, 1.165) is 5.56 Å². The zero-order valence-electron chi connectivity index (χ0n) is 17.2. The van der Waals surface area contributed by atoms with Crippen molar-refractivity contribution in [3.05, 3.63) is 69.0 Å². The molecule has 3 rings (SSSR count). The van der Waals surface area contributed by atoms with Gasteiger partial charge in [-0.25, -0.2) is 18.0 Å². The highest BCUT2D eigenvalue weighted by atomic mass is 79.9. The van der Waals surface area contributed by atoms with Crippen LogP contribution in [0.5, 0.6) is 5.75 Å². The highest BCUT2D eigenvalue weighted by Gasteiger charge is 2.30. The third kappa shape index (κ3) is 5.41. The summed E-state index contributed by atoms with van der Waals surface area (Å²) in [5.41, 5.74) is 0.395. The molecule has 0 bridgehead atoms. The van der Waals surface area contributed by atoms with Crippen molar-refractivity contribution in [1.29, 1.82) is 0 Å². The van der Waals surface area contributed by atoms with Crippen molar-refractivity contribution in [2.24, 2.45) is 5.92 Å². The van der Waals surface area contributed by atoms with Crippen molar-refractivity contribution >= 4 is 42.9 Å². The van der Waals surface area contributed by atoms with Crippen LogP contribution in [0.2, 0.25) is 0 Å². The zero-order valence-corrected chi connectivity index (χ0v) is 19.6. The van der Waals surface area contributed by atoms with Gasteiger partial charge < -0.3 is 9.15 Å². The van der Waals surface area contributed by atoms with Crippen molar-refractivity contribution in [3.63, 3.8) is 0 Å². The average molecular weight is 508 g/mol. The third-order valence-corrected chi connectivity index (χ3v) is 6.81. The van der Waals surface area contributed by atoms with Gasteiger partial charge in [0.2, 0.25) is 15.8 Å². The molecule has 0 amide bonds. The summed E-state index contributed by atoms with van der Waals surface area (Å²) in [6.07, 6.45) is 0.181. The minimum Gasteiger partial charge on any atom is -0.420 e. The molecule has 0 aliphatic heterocycles. The maximum absolute atomic E-state index is 12.9. The lowest BCUT2D eigenvalue weighted by Gasteiger charge is -2.19. The molecule has 0 spiro atoms. The molecule has 0 unspecified atom stereocenters. The summed E-state index contributed by atoms with van der Waals surface area (Å²) < 4.78 is 38.8. The maximum Gasteiger partial charge on any atom is 0.381 e. The lowest BCUT2D eigenvalue weighted by atomic mass is 10.1. The number of hydrogen-bond donors (Lipinski definition) is 1. The molecule has 3 aromatic rings. The van der Waals surface area contributed by atoms with E-state index in [-0.39, 0.29) is 27.5 Å². The molecule has 1 heterocycles. The minimum atomic E-state index is -3.98. The first kappa shape index (κ1) is 23.2. The van der Waals surface area contributed by atoms with Gasteiger partial charge in [0.15, 0.2) is 0 Å². The zero-order chi connectivity index (χ0) is 22.8. The largest absolute Gasteiger partial charge is 0.420 e. The molecule has 7 nitrogen and oxygen atoms in total. The maximum atomic E-state index is 12.9. The second kappa shape index (κ2) is 9.33. The van der Waals surface area contributed by atoms with Crippen LogP contribution in [0.25, 0.3) is 11.0 Å². The SMILES string of the molecule is Cc1ccc(S(=O)(=O)N[C@@H](CC(C)C)C(=O)Oc2c(Br)c3ccccc3oc2=O)cc1. The summed E-state index contributed by atoms with van der Waals surface area (Å²) in [6.45, 7) is 5.54. The van der Waals surface area contributed by atoms with Gasteiger partial charge in [0.1, 0.15) is 11.6 Å². The van der Waals surface area contributed by atoms with Crippen molar-refractivity contribution < 1.29 is 22.4 Å². The Labute approximate surface area is 188 Å².